The molecule has 0 spiro atoms. The van der Waals surface area contributed by atoms with Gasteiger partial charge in [0, 0.05) is 11.6 Å². The Hall–Kier alpha value is -0.900. The SMILES string of the molecule is Cc1cc[n+](Cc2ccccc2)cc1I. The average Bonchev–Trinajstić information content (AvgIpc) is 2.25. The van der Waals surface area contributed by atoms with Crippen molar-refractivity contribution in [2.45, 2.75) is 13.5 Å². The summed E-state index contributed by atoms with van der Waals surface area (Å²) in [6, 6.07) is 12.7. The van der Waals surface area contributed by atoms with E-state index in [4.69, 9.17) is 0 Å². The van der Waals surface area contributed by atoms with Crippen molar-refractivity contribution < 1.29 is 4.57 Å². The van der Waals surface area contributed by atoms with Gasteiger partial charge < -0.3 is 0 Å². The number of aryl methyl sites for hydroxylation is 1. The fourth-order valence-electron chi connectivity index (χ4n) is 1.47. The van der Waals surface area contributed by atoms with Gasteiger partial charge in [0.25, 0.3) is 0 Å². The van der Waals surface area contributed by atoms with E-state index in [0.29, 0.717) is 0 Å². The largest absolute Gasteiger partial charge is 0.200 e. The van der Waals surface area contributed by atoms with Crippen molar-refractivity contribution in [2.75, 3.05) is 0 Å². The topological polar surface area (TPSA) is 3.88 Å². The molecule has 2 heteroatoms. The molecule has 0 bridgehead atoms. The summed E-state index contributed by atoms with van der Waals surface area (Å²) in [5.41, 5.74) is 2.67. The summed E-state index contributed by atoms with van der Waals surface area (Å²) < 4.78 is 3.52. The van der Waals surface area contributed by atoms with Gasteiger partial charge in [-0.1, -0.05) is 30.3 Å². The first-order valence-corrected chi connectivity index (χ1v) is 6.03. The van der Waals surface area contributed by atoms with Crippen LogP contribution in [0.3, 0.4) is 0 Å². The molecule has 1 aromatic carbocycles. The van der Waals surface area contributed by atoms with E-state index in [-0.39, 0.29) is 0 Å². The minimum absolute atomic E-state index is 0.942. The monoisotopic (exact) mass is 310 g/mol. The molecule has 1 aromatic heterocycles. The standard InChI is InChI=1S/C13H13IN/c1-11-7-8-15(10-13(11)14)9-12-5-3-2-4-6-12/h2-8,10H,9H2,1H3/q+1. The minimum atomic E-state index is 0.942. The van der Waals surface area contributed by atoms with Gasteiger partial charge in [-0.15, -0.1) is 0 Å². The number of aromatic nitrogens is 1. The quantitative estimate of drug-likeness (QED) is 0.593. The molecule has 0 atom stereocenters. The van der Waals surface area contributed by atoms with E-state index >= 15 is 0 Å². The fourth-order valence-corrected chi connectivity index (χ4v) is 2.01. The minimum Gasteiger partial charge on any atom is -0.200 e. The number of pyridine rings is 1. The van der Waals surface area contributed by atoms with Crippen molar-refractivity contribution in [3.8, 4) is 0 Å². The highest BCUT2D eigenvalue weighted by Gasteiger charge is 2.04. The lowest BCUT2D eigenvalue weighted by molar-refractivity contribution is -0.689. The van der Waals surface area contributed by atoms with Crippen LogP contribution in [-0.4, -0.2) is 0 Å². The molecule has 0 N–H and O–H groups in total. The van der Waals surface area contributed by atoms with Gasteiger partial charge in [-0.05, 0) is 35.1 Å². The second kappa shape index (κ2) is 4.75. The summed E-state index contributed by atoms with van der Waals surface area (Å²) >= 11 is 2.37. The summed E-state index contributed by atoms with van der Waals surface area (Å²) in [5.74, 6) is 0. The Labute approximate surface area is 104 Å². The first-order valence-electron chi connectivity index (χ1n) is 4.95. The number of halogens is 1. The number of hydrogen-bond donors (Lipinski definition) is 0. The maximum atomic E-state index is 2.37. The van der Waals surface area contributed by atoms with Crippen LogP contribution in [0.4, 0.5) is 0 Å². The van der Waals surface area contributed by atoms with Crippen LogP contribution in [0.2, 0.25) is 0 Å². The van der Waals surface area contributed by atoms with Gasteiger partial charge in [0.1, 0.15) is 0 Å². The van der Waals surface area contributed by atoms with E-state index in [9.17, 15) is 0 Å². The summed E-state index contributed by atoms with van der Waals surface area (Å²) in [6.45, 7) is 3.08. The Morgan fingerprint density at radius 3 is 2.53 bits per heavy atom. The van der Waals surface area contributed by atoms with Crippen molar-refractivity contribution in [2.24, 2.45) is 0 Å². The molecule has 1 nitrogen and oxygen atoms in total. The van der Waals surface area contributed by atoms with Gasteiger partial charge in [-0.3, -0.25) is 0 Å². The average molecular weight is 310 g/mol. The smallest absolute Gasteiger partial charge is 0.182 e. The number of hydrogen-bond acceptors (Lipinski definition) is 0. The Bertz CT molecular complexity index is 451. The molecule has 0 aliphatic carbocycles. The predicted molar refractivity (Wildman–Crippen MR) is 69.6 cm³/mol. The van der Waals surface area contributed by atoms with Crippen LogP contribution in [0, 0.1) is 10.5 Å². The molecular formula is C13H13IN+. The van der Waals surface area contributed by atoms with Crippen LogP contribution in [0.25, 0.3) is 0 Å². The summed E-state index contributed by atoms with van der Waals surface area (Å²) in [5, 5.41) is 0. The zero-order valence-corrected chi connectivity index (χ0v) is 10.8. The van der Waals surface area contributed by atoms with Gasteiger partial charge in [-0.25, -0.2) is 0 Å². The van der Waals surface area contributed by atoms with E-state index in [1.807, 2.05) is 6.07 Å². The molecule has 0 aliphatic rings. The van der Waals surface area contributed by atoms with Gasteiger partial charge in [0.05, 0.1) is 3.57 Å². The van der Waals surface area contributed by atoms with E-state index < -0.39 is 0 Å². The maximum absolute atomic E-state index is 2.37. The first kappa shape index (κ1) is 10.6. The summed E-state index contributed by atoms with van der Waals surface area (Å²) in [7, 11) is 0. The third kappa shape index (κ3) is 2.78. The Balaban J connectivity index is 2.22. The molecule has 76 valence electrons. The van der Waals surface area contributed by atoms with Crippen molar-refractivity contribution >= 4 is 22.6 Å². The van der Waals surface area contributed by atoms with Gasteiger partial charge >= 0.3 is 0 Å². The van der Waals surface area contributed by atoms with Crippen molar-refractivity contribution in [1.29, 1.82) is 0 Å². The maximum Gasteiger partial charge on any atom is 0.182 e. The van der Waals surface area contributed by atoms with E-state index in [2.05, 4.69) is 76.8 Å². The van der Waals surface area contributed by atoms with Crippen LogP contribution in [0.15, 0.2) is 48.8 Å². The van der Waals surface area contributed by atoms with Crippen LogP contribution in [0.1, 0.15) is 11.1 Å². The molecule has 2 aromatic rings. The molecule has 0 saturated carbocycles. The number of rotatable bonds is 2. The van der Waals surface area contributed by atoms with Gasteiger partial charge in [0.2, 0.25) is 0 Å². The molecule has 15 heavy (non-hydrogen) atoms. The second-order valence-corrected chi connectivity index (χ2v) is 4.80. The highest BCUT2D eigenvalue weighted by atomic mass is 127. The van der Waals surface area contributed by atoms with Crippen LogP contribution >= 0.6 is 22.6 Å². The molecular weight excluding hydrogens is 297 g/mol. The molecule has 0 amide bonds. The van der Waals surface area contributed by atoms with E-state index in [1.165, 1.54) is 14.7 Å². The Kier molecular flexibility index (Phi) is 3.36. The van der Waals surface area contributed by atoms with Crippen molar-refractivity contribution in [1.82, 2.24) is 0 Å². The lowest BCUT2D eigenvalue weighted by Gasteiger charge is -1.99. The first-order chi connectivity index (χ1) is 7.25. The van der Waals surface area contributed by atoms with Crippen LogP contribution in [0.5, 0.6) is 0 Å². The zero-order valence-electron chi connectivity index (χ0n) is 8.65. The van der Waals surface area contributed by atoms with Gasteiger partial charge in [-0.2, -0.15) is 4.57 Å². The lowest BCUT2D eigenvalue weighted by atomic mass is 10.2. The molecule has 0 radical (unpaired) electrons. The molecule has 1 heterocycles. The number of nitrogens with zero attached hydrogens (tertiary/aromatic N) is 1. The normalized spacial score (nSPS) is 10.3. The van der Waals surface area contributed by atoms with Gasteiger partial charge in [0.15, 0.2) is 18.9 Å². The summed E-state index contributed by atoms with van der Waals surface area (Å²) in [6.07, 6.45) is 4.31. The zero-order chi connectivity index (χ0) is 10.7. The lowest BCUT2D eigenvalue weighted by Crippen LogP contribution is -2.33. The molecule has 0 saturated heterocycles. The molecule has 0 aliphatic heterocycles. The summed E-state index contributed by atoms with van der Waals surface area (Å²) in [4.78, 5) is 0. The van der Waals surface area contributed by atoms with Crippen molar-refractivity contribution in [3.05, 3.63) is 63.5 Å². The highest BCUT2D eigenvalue weighted by molar-refractivity contribution is 14.1. The fraction of sp³-hybridized carbons (Fsp3) is 0.154. The third-order valence-corrected chi connectivity index (χ3v) is 3.51. The molecule has 0 fully saturated rings. The Morgan fingerprint density at radius 1 is 1.13 bits per heavy atom. The second-order valence-electron chi connectivity index (χ2n) is 3.63. The van der Waals surface area contributed by atoms with Crippen LogP contribution in [-0.2, 0) is 6.54 Å². The highest BCUT2D eigenvalue weighted by Crippen LogP contribution is 2.07. The van der Waals surface area contributed by atoms with Crippen molar-refractivity contribution in [3.63, 3.8) is 0 Å². The molecule has 2 rings (SSSR count). The van der Waals surface area contributed by atoms with E-state index in [1.54, 1.807) is 0 Å². The molecule has 0 unspecified atom stereocenters. The predicted octanol–water partition coefficient (Wildman–Crippen LogP) is 2.94. The van der Waals surface area contributed by atoms with Crippen LogP contribution < -0.4 is 4.57 Å². The van der Waals surface area contributed by atoms with E-state index in [0.717, 1.165) is 6.54 Å². The Morgan fingerprint density at radius 2 is 1.87 bits per heavy atom. The number of benzene rings is 1. The third-order valence-electron chi connectivity index (χ3n) is 2.38.